The van der Waals surface area contributed by atoms with Crippen molar-refractivity contribution in [3.63, 3.8) is 0 Å². The zero-order valence-electron chi connectivity index (χ0n) is 25.9. The molecule has 0 aliphatic heterocycles. The fraction of sp³-hybridized carbons (Fsp3) is 0.179. The highest BCUT2D eigenvalue weighted by Crippen LogP contribution is 2.31. The summed E-state index contributed by atoms with van der Waals surface area (Å²) in [6.45, 7) is 6.62. The van der Waals surface area contributed by atoms with Crippen LogP contribution in [0.5, 0.6) is 5.75 Å². The predicted molar refractivity (Wildman–Crippen MR) is 181 cm³/mol. The minimum absolute atomic E-state index is 0.00827. The molecule has 7 heteroatoms. The van der Waals surface area contributed by atoms with Crippen LogP contribution in [-0.4, -0.2) is 23.0 Å². The molecule has 5 rings (SSSR count). The van der Waals surface area contributed by atoms with Gasteiger partial charge in [0.1, 0.15) is 24.2 Å². The number of rotatable bonds is 10. The summed E-state index contributed by atoms with van der Waals surface area (Å²) in [7, 11) is 0. The number of aliphatic carboxylic acids is 1. The van der Waals surface area contributed by atoms with Gasteiger partial charge in [-0.15, -0.1) is 0 Å². The number of carbonyl (C=O) groups is 2. The highest BCUT2D eigenvalue weighted by atomic mass is 35.5. The number of amides is 1. The lowest BCUT2D eigenvalue weighted by atomic mass is 9.87. The molecule has 2 N–H and O–H groups in total. The second kappa shape index (κ2) is 14.0. The van der Waals surface area contributed by atoms with Crippen LogP contribution in [0.15, 0.2) is 115 Å². The molecule has 1 atom stereocenters. The molecule has 0 radical (unpaired) electrons. The minimum atomic E-state index is -1.20. The maximum absolute atomic E-state index is 13.9. The van der Waals surface area contributed by atoms with Crippen molar-refractivity contribution in [3.8, 4) is 28.0 Å². The van der Waals surface area contributed by atoms with Gasteiger partial charge in [0.15, 0.2) is 0 Å². The van der Waals surface area contributed by atoms with Crippen molar-refractivity contribution >= 4 is 23.5 Å². The van der Waals surface area contributed by atoms with E-state index in [9.17, 15) is 19.1 Å². The predicted octanol–water partition coefficient (Wildman–Crippen LogP) is 9.12. The number of benzene rings is 5. The van der Waals surface area contributed by atoms with E-state index in [2.05, 4.69) is 38.2 Å². The lowest BCUT2D eigenvalue weighted by molar-refractivity contribution is -0.139. The standard InChI is InChI=1S/C39H35ClFNO4/c1-39(2,3)31-17-11-26(12-18-31)24-46-36-20-16-29(30-15-19-34(41)33(40)23-30)22-32(36)37(43)42-35(38(44)45)21-25-9-13-28(14-10-25)27-7-5-4-6-8-27/h4-20,22-23,35H,21,24H2,1-3H3,(H,42,43)(H,44,45). The van der Waals surface area contributed by atoms with E-state index in [1.807, 2.05) is 66.7 Å². The molecule has 1 unspecified atom stereocenters. The van der Waals surface area contributed by atoms with E-state index < -0.39 is 23.7 Å². The summed E-state index contributed by atoms with van der Waals surface area (Å²) in [5.41, 5.74) is 6.27. The van der Waals surface area contributed by atoms with E-state index in [-0.39, 0.29) is 34.8 Å². The zero-order valence-corrected chi connectivity index (χ0v) is 26.6. The average Bonchev–Trinajstić information content (AvgIpc) is 3.05. The smallest absolute Gasteiger partial charge is 0.326 e. The number of ether oxygens (including phenoxy) is 1. The van der Waals surface area contributed by atoms with E-state index in [4.69, 9.17) is 16.3 Å². The van der Waals surface area contributed by atoms with Crippen LogP contribution in [0.1, 0.15) is 47.8 Å². The molecule has 5 aromatic rings. The van der Waals surface area contributed by atoms with Crippen molar-refractivity contribution < 1.29 is 23.8 Å². The Bertz CT molecular complexity index is 1830. The molecule has 234 valence electrons. The van der Waals surface area contributed by atoms with Crippen molar-refractivity contribution in [1.29, 1.82) is 0 Å². The van der Waals surface area contributed by atoms with E-state index in [0.29, 0.717) is 11.1 Å². The van der Waals surface area contributed by atoms with Crippen LogP contribution < -0.4 is 10.1 Å². The molecule has 0 aliphatic rings. The van der Waals surface area contributed by atoms with Gasteiger partial charge in [-0.3, -0.25) is 4.79 Å². The molecule has 0 spiro atoms. The second-order valence-electron chi connectivity index (χ2n) is 12.2. The summed E-state index contributed by atoms with van der Waals surface area (Å²) in [4.78, 5) is 26.1. The third kappa shape index (κ3) is 8.01. The highest BCUT2D eigenvalue weighted by Gasteiger charge is 2.24. The number of carboxylic acids is 1. The summed E-state index contributed by atoms with van der Waals surface area (Å²) in [5.74, 6) is -2.04. The van der Waals surface area contributed by atoms with Gasteiger partial charge in [-0.1, -0.05) is 123 Å². The topological polar surface area (TPSA) is 75.6 Å². The SMILES string of the molecule is CC(C)(C)c1ccc(COc2ccc(-c3ccc(F)c(Cl)c3)cc2C(=O)NC(Cc2ccc(-c3ccccc3)cc2)C(=O)O)cc1. The van der Waals surface area contributed by atoms with Crippen LogP contribution >= 0.6 is 11.6 Å². The number of hydrogen-bond acceptors (Lipinski definition) is 3. The molecule has 0 bridgehead atoms. The molecule has 0 heterocycles. The van der Waals surface area contributed by atoms with Crippen molar-refractivity contribution in [2.75, 3.05) is 0 Å². The van der Waals surface area contributed by atoms with Crippen LogP contribution in [0.2, 0.25) is 5.02 Å². The van der Waals surface area contributed by atoms with Gasteiger partial charge in [-0.2, -0.15) is 0 Å². The van der Waals surface area contributed by atoms with Crippen LogP contribution in [0.3, 0.4) is 0 Å². The van der Waals surface area contributed by atoms with Gasteiger partial charge in [0.2, 0.25) is 0 Å². The van der Waals surface area contributed by atoms with Gasteiger partial charge in [-0.25, -0.2) is 9.18 Å². The van der Waals surface area contributed by atoms with E-state index in [1.165, 1.54) is 17.7 Å². The van der Waals surface area contributed by atoms with Gasteiger partial charge in [0.25, 0.3) is 5.91 Å². The van der Waals surface area contributed by atoms with Gasteiger partial charge < -0.3 is 15.2 Å². The Hall–Kier alpha value is -4.94. The molecule has 5 aromatic carbocycles. The minimum Gasteiger partial charge on any atom is -0.488 e. The maximum Gasteiger partial charge on any atom is 0.326 e. The van der Waals surface area contributed by atoms with Crippen LogP contribution in [0.25, 0.3) is 22.3 Å². The fourth-order valence-electron chi connectivity index (χ4n) is 5.09. The van der Waals surface area contributed by atoms with Crippen LogP contribution in [-0.2, 0) is 23.2 Å². The molecule has 0 aliphatic carbocycles. The Labute approximate surface area is 273 Å². The number of hydrogen-bond donors (Lipinski definition) is 2. The fourth-order valence-corrected chi connectivity index (χ4v) is 5.27. The molecular weight excluding hydrogens is 601 g/mol. The first kappa shape index (κ1) is 32.5. The molecule has 0 saturated heterocycles. The monoisotopic (exact) mass is 635 g/mol. The summed E-state index contributed by atoms with van der Waals surface area (Å²) >= 11 is 6.04. The maximum atomic E-state index is 13.9. The number of carbonyl (C=O) groups excluding carboxylic acids is 1. The van der Waals surface area contributed by atoms with E-state index in [0.717, 1.165) is 22.3 Å². The van der Waals surface area contributed by atoms with Crippen molar-refractivity contribution in [2.45, 2.75) is 45.3 Å². The Morgan fingerprint density at radius 1 is 0.783 bits per heavy atom. The normalized spacial score (nSPS) is 11.9. The van der Waals surface area contributed by atoms with E-state index in [1.54, 1.807) is 24.3 Å². The quantitative estimate of drug-likeness (QED) is 0.160. The molecule has 46 heavy (non-hydrogen) atoms. The Kier molecular flexibility index (Phi) is 9.88. The molecule has 0 aromatic heterocycles. The Morgan fingerprint density at radius 3 is 2.00 bits per heavy atom. The first-order valence-corrected chi connectivity index (χ1v) is 15.4. The lowest BCUT2D eigenvalue weighted by Crippen LogP contribution is -2.42. The summed E-state index contributed by atoms with van der Waals surface area (Å²) in [6, 6.07) is 33.6. The highest BCUT2D eigenvalue weighted by molar-refractivity contribution is 6.31. The third-order valence-corrected chi connectivity index (χ3v) is 8.09. The van der Waals surface area contributed by atoms with E-state index >= 15 is 0 Å². The lowest BCUT2D eigenvalue weighted by Gasteiger charge is -2.20. The number of halogens is 2. The molecular formula is C39H35ClFNO4. The molecule has 0 fully saturated rings. The summed E-state index contributed by atoms with van der Waals surface area (Å²) in [6.07, 6.45) is 0.0831. The van der Waals surface area contributed by atoms with Crippen molar-refractivity contribution in [1.82, 2.24) is 5.32 Å². The second-order valence-corrected chi connectivity index (χ2v) is 12.6. The van der Waals surface area contributed by atoms with Crippen molar-refractivity contribution in [2.24, 2.45) is 0 Å². The molecule has 0 saturated carbocycles. The zero-order chi connectivity index (χ0) is 32.8. The van der Waals surface area contributed by atoms with Crippen LogP contribution in [0.4, 0.5) is 4.39 Å². The first-order chi connectivity index (χ1) is 22.0. The number of carboxylic acid groups (broad SMARTS) is 1. The van der Waals surface area contributed by atoms with Crippen molar-refractivity contribution in [3.05, 3.63) is 148 Å². The summed E-state index contributed by atoms with van der Waals surface area (Å²) < 4.78 is 20.0. The molecule has 1 amide bonds. The Balaban J connectivity index is 1.39. The van der Waals surface area contributed by atoms with Gasteiger partial charge in [0, 0.05) is 6.42 Å². The molecule has 5 nitrogen and oxygen atoms in total. The largest absolute Gasteiger partial charge is 0.488 e. The summed E-state index contributed by atoms with van der Waals surface area (Å²) in [5, 5.41) is 12.7. The van der Waals surface area contributed by atoms with Gasteiger partial charge >= 0.3 is 5.97 Å². The van der Waals surface area contributed by atoms with Crippen LogP contribution in [0, 0.1) is 5.82 Å². The first-order valence-electron chi connectivity index (χ1n) is 15.0. The van der Waals surface area contributed by atoms with Gasteiger partial charge in [0.05, 0.1) is 10.6 Å². The number of nitrogens with one attached hydrogen (secondary N) is 1. The average molecular weight is 636 g/mol. The van der Waals surface area contributed by atoms with Gasteiger partial charge in [-0.05, 0) is 68.6 Å². The third-order valence-electron chi connectivity index (χ3n) is 7.80. The Morgan fingerprint density at radius 2 is 1.37 bits per heavy atom.